The molecule has 0 aliphatic carbocycles. The van der Waals surface area contributed by atoms with Crippen molar-refractivity contribution in [2.45, 2.75) is 19.4 Å². The minimum Gasteiger partial charge on any atom is -0.489 e. The van der Waals surface area contributed by atoms with Crippen molar-refractivity contribution in [1.82, 2.24) is 5.32 Å². The van der Waals surface area contributed by atoms with Gasteiger partial charge in [0.25, 0.3) is 0 Å². The number of carbonyl (C=O) groups excluding carboxylic acids is 2. The lowest BCUT2D eigenvalue weighted by molar-refractivity contribution is -0.120. The molecule has 1 aliphatic heterocycles. The fourth-order valence-corrected chi connectivity index (χ4v) is 3.00. The number of carbonyl (C=O) groups is 2. The first-order chi connectivity index (χ1) is 13.1. The maximum Gasteiger partial charge on any atom is 0.337 e. The van der Waals surface area contributed by atoms with Gasteiger partial charge in [-0.1, -0.05) is 23.7 Å². The van der Waals surface area contributed by atoms with Gasteiger partial charge >= 0.3 is 5.97 Å². The molecule has 2 aromatic carbocycles. The topological polar surface area (TPSA) is 73.9 Å². The lowest BCUT2D eigenvalue weighted by Crippen LogP contribution is -2.24. The summed E-state index contributed by atoms with van der Waals surface area (Å²) in [6.45, 7) is 1.47. The lowest BCUT2D eigenvalue weighted by atomic mass is 10.1. The molecule has 0 saturated heterocycles. The number of hydrogen-bond donors (Lipinski definition) is 1. The number of fused-ring (bicyclic) bond motifs is 1. The molecule has 142 valence electrons. The number of rotatable bonds is 5. The Kier molecular flexibility index (Phi) is 6.19. The van der Waals surface area contributed by atoms with E-state index in [9.17, 15) is 9.59 Å². The van der Waals surface area contributed by atoms with E-state index in [1.807, 2.05) is 0 Å². The summed E-state index contributed by atoms with van der Waals surface area (Å²) in [5.41, 5.74) is 2.10. The number of ether oxygens (including phenoxy) is 3. The number of nitrogens with one attached hydrogen (secondary N) is 1. The molecule has 1 aliphatic rings. The van der Waals surface area contributed by atoms with Gasteiger partial charge in [-0.3, -0.25) is 4.79 Å². The van der Waals surface area contributed by atoms with Crippen molar-refractivity contribution in [2.24, 2.45) is 0 Å². The van der Waals surface area contributed by atoms with Crippen LogP contribution in [-0.2, 0) is 22.5 Å². The quantitative estimate of drug-likeness (QED) is 0.795. The number of amides is 1. The summed E-state index contributed by atoms with van der Waals surface area (Å²) in [5.74, 6) is 0.569. The molecule has 0 bridgehead atoms. The van der Waals surface area contributed by atoms with Gasteiger partial charge in [-0.15, -0.1) is 0 Å². The zero-order valence-corrected chi connectivity index (χ0v) is 15.7. The molecule has 7 heteroatoms. The van der Waals surface area contributed by atoms with Crippen LogP contribution in [0.15, 0.2) is 36.4 Å². The molecule has 2 aromatic rings. The first-order valence-corrected chi connectivity index (χ1v) is 8.96. The molecule has 0 aromatic heterocycles. The second-order valence-electron chi connectivity index (χ2n) is 6.10. The van der Waals surface area contributed by atoms with Crippen LogP contribution in [0.25, 0.3) is 0 Å². The SMILES string of the molecule is COC(=O)c1ccc(CNC(=O)Cc2cc(Cl)c3c(c2)OCCCO3)cc1. The highest BCUT2D eigenvalue weighted by atomic mass is 35.5. The van der Waals surface area contributed by atoms with Crippen LogP contribution in [-0.4, -0.2) is 32.2 Å². The molecule has 0 saturated carbocycles. The van der Waals surface area contributed by atoms with Gasteiger partial charge in [-0.25, -0.2) is 4.79 Å². The van der Waals surface area contributed by atoms with Gasteiger partial charge in [0, 0.05) is 13.0 Å². The maximum absolute atomic E-state index is 12.3. The molecular formula is C20H20ClNO5. The van der Waals surface area contributed by atoms with Crippen molar-refractivity contribution in [3.05, 3.63) is 58.1 Å². The summed E-state index contributed by atoms with van der Waals surface area (Å²) in [6, 6.07) is 10.4. The molecule has 0 spiro atoms. The third-order valence-corrected chi connectivity index (χ3v) is 4.37. The predicted molar refractivity (Wildman–Crippen MR) is 100 cm³/mol. The van der Waals surface area contributed by atoms with Gasteiger partial charge in [-0.05, 0) is 35.4 Å². The van der Waals surface area contributed by atoms with Crippen LogP contribution in [0.3, 0.4) is 0 Å². The van der Waals surface area contributed by atoms with Crippen LogP contribution >= 0.6 is 11.6 Å². The first-order valence-electron chi connectivity index (χ1n) is 8.59. The van der Waals surface area contributed by atoms with E-state index >= 15 is 0 Å². The van der Waals surface area contributed by atoms with Crippen molar-refractivity contribution >= 4 is 23.5 Å². The van der Waals surface area contributed by atoms with Gasteiger partial charge in [0.2, 0.25) is 5.91 Å². The highest BCUT2D eigenvalue weighted by molar-refractivity contribution is 6.32. The molecule has 0 unspecified atom stereocenters. The second-order valence-corrected chi connectivity index (χ2v) is 6.50. The van der Waals surface area contributed by atoms with E-state index in [-0.39, 0.29) is 12.3 Å². The van der Waals surface area contributed by atoms with Gasteiger partial charge in [0.1, 0.15) is 0 Å². The van der Waals surface area contributed by atoms with Crippen LogP contribution in [0.5, 0.6) is 11.5 Å². The van der Waals surface area contributed by atoms with Crippen molar-refractivity contribution in [1.29, 1.82) is 0 Å². The highest BCUT2D eigenvalue weighted by Gasteiger charge is 2.16. The summed E-state index contributed by atoms with van der Waals surface area (Å²) in [5, 5.41) is 3.29. The zero-order chi connectivity index (χ0) is 19.2. The van der Waals surface area contributed by atoms with E-state index in [2.05, 4.69) is 10.1 Å². The second kappa shape index (κ2) is 8.77. The van der Waals surface area contributed by atoms with E-state index in [0.717, 1.165) is 17.5 Å². The van der Waals surface area contributed by atoms with E-state index in [4.69, 9.17) is 21.1 Å². The summed E-state index contributed by atoms with van der Waals surface area (Å²) in [7, 11) is 1.34. The van der Waals surface area contributed by atoms with Crippen molar-refractivity contribution in [3.8, 4) is 11.5 Å². The largest absolute Gasteiger partial charge is 0.489 e. The van der Waals surface area contributed by atoms with Crippen molar-refractivity contribution in [3.63, 3.8) is 0 Å². The molecule has 1 amide bonds. The molecule has 0 atom stereocenters. The Hall–Kier alpha value is -2.73. The smallest absolute Gasteiger partial charge is 0.337 e. The Bertz CT molecular complexity index is 835. The normalized spacial score (nSPS) is 12.8. The minimum absolute atomic E-state index is 0.141. The number of methoxy groups -OCH3 is 1. The molecule has 0 radical (unpaired) electrons. The fourth-order valence-electron chi connectivity index (χ4n) is 2.71. The molecule has 3 rings (SSSR count). The third-order valence-electron chi connectivity index (χ3n) is 4.09. The fraction of sp³-hybridized carbons (Fsp3) is 0.300. The average molecular weight is 390 g/mol. The summed E-state index contributed by atoms with van der Waals surface area (Å²) in [6.07, 6.45) is 0.964. The first kappa shape index (κ1) is 19.0. The van der Waals surface area contributed by atoms with Crippen LogP contribution in [0.2, 0.25) is 5.02 Å². The minimum atomic E-state index is -0.392. The lowest BCUT2D eigenvalue weighted by Gasteiger charge is -2.12. The highest BCUT2D eigenvalue weighted by Crippen LogP contribution is 2.38. The number of benzene rings is 2. The maximum atomic E-state index is 12.3. The van der Waals surface area contributed by atoms with Crippen molar-refractivity contribution in [2.75, 3.05) is 20.3 Å². The molecule has 1 heterocycles. The van der Waals surface area contributed by atoms with Gasteiger partial charge in [0.15, 0.2) is 11.5 Å². The predicted octanol–water partition coefficient (Wildman–Crippen LogP) is 3.15. The van der Waals surface area contributed by atoms with Crippen LogP contribution in [0.4, 0.5) is 0 Å². The summed E-state index contributed by atoms with van der Waals surface area (Å²) < 4.78 is 15.9. The van der Waals surface area contributed by atoms with Gasteiger partial charge in [0.05, 0.1) is 37.3 Å². The monoisotopic (exact) mass is 389 g/mol. The van der Waals surface area contributed by atoms with Crippen LogP contribution in [0, 0.1) is 0 Å². The van der Waals surface area contributed by atoms with E-state index in [0.29, 0.717) is 41.8 Å². The van der Waals surface area contributed by atoms with Gasteiger partial charge < -0.3 is 19.5 Å². The molecule has 1 N–H and O–H groups in total. The third kappa shape index (κ3) is 4.92. The standard InChI is InChI=1S/C20H20ClNO5/c1-25-20(24)15-5-3-13(4-6-15)12-22-18(23)11-14-9-16(21)19-17(10-14)26-7-2-8-27-19/h3-6,9-10H,2,7-8,11-12H2,1H3,(H,22,23). The Morgan fingerprint density at radius 2 is 1.85 bits per heavy atom. The summed E-state index contributed by atoms with van der Waals surface area (Å²) >= 11 is 6.25. The Morgan fingerprint density at radius 1 is 1.11 bits per heavy atom. The number of halogens is 1. The molecule has 6 nitrogen and oxygen atoms in total. The van der Waals surface area contributed by atoms with Gasteiger partial charge in [-0.2, -0.15) is 0 Å². The summed E-state index contributed by atoms with van der Waals surface area (Å²) in [4.78, 5) is 23.7. The van der Waals surface area contributed by atoms with E-state index in [1.165, 1.54) is 7.11 Å². The van der Waals surface area contributed by atoms with Crippen molar-refractivity contribution < 1.29 is 23.8 Å². The number of esters is 1. The molecule has 0 fully saturated rings. The Balaban J connectivity index is 1.59. The molecule has 27 heavy (non-hydrogen) atoms. The zero-order valence-electron chi connectivity index (χ0n) is 14.9. The van der Waals surface area contributed by atoms with E-state index in [1.54, 1.807) is 36.4 Å². The average Bonchev–Trinajstić information content (AvgIpc) is 2.92. The Labute approximate surface area is 162 Å². The van der Waals surface area contributed by atoms with Crippen LogP contribution < -0.4 is 14.8 Å². The Morgan fingerprint density at radius 3 is 2.59 bits per heavy atom. The van der Waals surface area contributed by atoms with Crippen LogP contribution in [0.1, 0.15) is 27.9 Å². The number of hydrogen-bond acceptors (Lipinski definition) is 5. The molecular weight excluding hydrogens is 370 g/mol. The van der Waals surface area contributed by atoms with E-state index < -0.39 is 5.97 Å².